The van der Waals surface area contributed by atoms with Crippen LogP contribution in [0.15, 0.2) is 42.5 Å². The quantitative estimate of drug-likeness (QED) is 0.882. The summed E-state index contributed by atoms with van der Waals surface area (Å²) in [6.07, 6.45) is 0.383. The van der Waals surface area contributed by atoms with E-state index in [1.54, 1.807) is 0 Å². The Morgan fingerprint density at radius 2 is 1.67 bits per heavy atom. The van der Waals surface area contributed by atoms with Gasteiger partial charge in [0.15, 0.2) is 11.5 Å². The van der Waals surface area contributed by atoms with Crippen molar-refractivity contribution in [1.29, 1.82) is 0 Å². The van der Waals surface area contributed by atoms with E-state index < -0.39 is 6.10 Å². The number of aliphatic hydroxyl groups is 1. The molecule has 3 rings (SSSR count). The van der Waals surface area contributed by atoms with Crippen molar-refractivity contribution in [2.24, 2.45) is 0 Å². The van der Waals surface area contributed by atoms with Crippen LogP contribution >= 0.6 is 0 Å². The molecule has 2 aromatic rings. The zero-order valence-electron chi connectivity index (χ0n) is 14.3. The zero-order valence-corrected chi connectivity index (χ0v) is 14.3. The summed E-state index contributed by atoms with van der Waals surface area (Å²) >= 11 is 0. The van der Waals surface area contributed by atoms with Crippen LogP contribution in [0, 0.1) is 6.92 Å². The van der Waals surface area contributed by atoms with E-state index in [-0.39, 0.29) is 6.04 Å². The second kappa shape index (κ2) is 7.69. The lowest BCUT2D eigenvalue weighted by Gasteiger charge is -2.19. The molecule has 1 aliphatic heterocycles. The van der Waals surface area contributed by atoms with Crippen LogP contribution in [0.5, 0.6) is 11.5 Å². The Morgan fingerprint density at radius 3 is 2.42 bits per heavy atom. The second-order valence-corrected chi connectivity index (χ2v) is 6.31. The molecule has 4 heteroatoms. The number of aliphatic hydroxyl groups excluding tert-OH is 1. The lowest BCUT2D eigenvalue weighted by atomic mass is 10.1. The standard InChI is InChI=1S/C20H25NO3/c1-14-4-6-16(7-5-14)18(22)13-21-15(2)17-8-9-19-20(12-17)24-11-3-10-23-19/h4-9,12,15,18,21-22H,3,10-11,13H2,1-2H3. The molecule has 0 aliphatic carbocycles. The summed E-state index contributed by atoms with van der Waals surface area (Å²) in [7, 11) is 0. The van der Waals surface area contributed by atoms with Crippen molar-refractivity contribution in [3.8, 4) is 11.5 Å². The third-order valence-corrected chi connectivity index (χ3v) is 4.35. The van der Waals surface area contributed by atoms with Crippen molar-refractivity contribution in [2.75, 3.05) is 19.8 Å². The van der Waals surface area contributed by atoms with Gasteiger partial charge in [-0.2, -0.15) is 0 Å². The van der Waals surface area contributed by atoms with Gasteiger partial charge in [0.2, 0.25) is 0 Å². The fraction of sp³-hybridized carbons (Fsp3) is 0.400. The van der Waals surface area contributed by atoms with Gasteiger partial charge in [0, 0.05) is 19.0 Å². The number of ether oxygens (including phenoxy) is 2. The van der Waals surface area contributed by atoms with E-state index in [1.165, 1.54) is 5.56 Å². The minimum absolute atomic E-state index is 0.113. The molecule has 0 radical (unpaired) electrons. The topological polar surface area (TPSA) is 50.7 Å². The average Bonchev–Trinajstić information content (AvgIpc) is 2.84. The van der Waals surface area contributed by atoms with Crippen LogP contribution in [0.1, 0.15) is 42.2 Å². The highest BCUT2D eigenvalue weighted by Crippen LogP contribution is 2.32. The monoisotopic (exact) mass is 327 g/mol. The molecule has 2 atom stereocenters. The van der Waals surface area contributed by atoms with Gasteiger partial charge in [0.25, 0.3) is 0 Å². The van der Waals surface area contributed by atoms with Gasteiger partial charge < -0.3 is 19.9 Å². The smallest absolute Gasteiger partial charge is 0.161 e. The van der Waals surface area contributed by atoms with E-state index in [9.17, 15) is 5.11 Å². The van der Waals surface area contributed by atoms with Gasteiger partial charge in [-0.05, 0) is 37.1 Å². The fourth-order valence-corrected chi connectivity index (χ4v) is 2.76. The van der Waals surface area contributed by atoms with E-state index in [0.29, 0.717) is 19.8 Å². The van der Waals surface area contributed by atoms with Crippen LogP contribution in [0.4, 0.5) is 0 Å². The lowest BCUT2D eigenvalue weighted by molar-refractivity contribution is 0.171. The molecule has 4 nitrogen and oxygen atoms in total. The van der Waals surface area contributed by atoms with Crippen molar-refractivity contribution in [3.05, 3.63) is 59.2 Å². The first kappa shape index (κ1) is 16.8. The van der Waals surface area contributed by atoms with Crippen molar-refractivity contribution >= 4 is 0 Å². The normalized spacial score (nSPS) is 16.3. The maximum atomic E-state index is 10.3. The second-order valence-electron chi connectivity index (χ2n) is 6.31. The molecule has 0 saturated carbocycles. The number of benzene rings is 2. The number of aryl methyl sites for hydroxylation is 1. The predicted molar refractivity (Wildman–Crippen MR) is 94.6 cm³/mol. The van der Waals surface area contributed by atoms with Crippen molar-refractivity contribution in [3.63, 3.8) is 0 Å². The zero-order chi connectivity index (χ0) is 16.9. The van der Waals surface area contributed by atoms with Crippen LogP contribution in [-0.4, -0.2) is 24.9 Å². The first-order valence-corrected chi connectivity index (χ1v) is 8.51. The summed E-state index contributed by atoms with van der Waals surface area (Å²) < 4.78 is 11.4. The van der Waals surface area contributed by atoms with Gasteiger partial charge in [-0.15, -0.1) is 0 Å². The van der Waals surface area contributed by atoms with Gasteiger partial charge in [-0.3, -0.25) is 0 Å². The van der Waals surface area contributed by atoms with E-state index in [0.717, 1.165) is 29.0 Å². The molecular formula is C20H25NO3. The molecular weight excluding hydrogens is 302 g/mol. The molecule has 2 unspecified atom stereocenters. The van der Waals surface area contributed by atoms with Gasteiger partial charge >= 0.3 is 0 Å². The number of hydrogen-bond donors (Lipinski definition) is 2. The molecule has 0 aromatic heterocycles. The summed E-state index contributed by atoms with van der Waals surface area (Å²) in [5.74, 6) is 1.61. The van der Waals surface area contributed by atoms with Crippen molar-refractivity contribution in [2.45, 2.75) is 32.4 Å². The Balaban J connectivity index is 1.61. The van der Waals surface area contributed by atoms with Crippen LogP contribution in [0.2, 0.25) is 0 Å². The van der Waals surface area contributed by atoms with E-state index in [1.807, 2.05) is 49.4 Å². The Labute approximate surface area is 143 Å². The molecule has 0 saturated heterocycles. The van der Waals surface area contributed by atoms with Crippen molar-refractivity contribution < 1.29 is 14.6 Å². The van der Waals surface area contributed by atoms with Crippen LogP contribution in [0.3, 0.4) is 0 Å². The first-order valence-electron chi connectivity index (χ1n) is 8.51. The number of rotatable bonds is 5. The minimum Gasteiger partial charge on any atom is -0.490 e. The van der Waals surface area contributed by atoms with Crippen LogP contribution < -0.4 is 14.8 Å². The Kier molecular flexibility index (Phi) is 5.38. The van der Waals surface area contributed by atoms with Gasteiger partial charge in [0.1, 0.15) is 0 Å². The predicted octanol–water partition coefficient (Wildman–Crippen LogP) is 3.54. The van der Waals surface area contributed by atoms with Gasteiger partial charge in [-0.1, -0.05) is 35.9 Å². The number of fused-ring (bicyclic) bond motifs is 1. The first-order chi connectivity index (χ1) is 11.6. The van der Waals surface area contributed by atoms with Crippen LogP contribution in [-0.2, 0) is 0 Å². The molecule has 0 fully saturated rings. The highest BCUT2D eigenvalue weighted by Gasteiger charge is 2.15. The summed E-state index contributed by atoms with van der Waals surface area (Å²) in [4.78, 5) is 0. The Morgan fingerprint density at radius 1 is 1.00 bits per heavy atom. The van der Waals surface area contributed by atoms with E-state index >= 15 is 0 Å². The Bertz CT molecular complexity index is 669. The van der Waals surface area contributed by atoms with Crippen LogP contribution in [0.25, 0.3) is 0 Å². The molecule has 0 amide bonds. The van der Waals surface area contributed by atoms with Crippen molar-refractivity contribution in [1.82, 2.24) is 5.32 Å². The molecule has 1 aliphatic rings. The SMILES string of the molecule is Cc1ccc(C(O)CNC(C)c2ccc3c(c2)OCCCO3)cc1. The highest BCUT2D eigenvalue weighted by atomic mass is 16.5. The largest absolute Gasteiger partial charge is 0.490 e. The molecule has 1 heterocycles. The highest BCUT2D eigenvalue weighted by molar-refractivity contribution is 5.44. The maximum absolute atomic E-state index is 10.3. The van der Waals surface area contributed by atoms with E-state index in [2.05, 4.69) is 12.2 Å². The number of hydrogen-bond acceptors (Lipinski definition) is 4. The van der Waals surface area contributed by atoms with Gasteiger partial charge in [0.05, 0.1) is 19.3 Å². The molecule has 2 N–H and O–H groups in total. The Hall–Kier alpha value is -2.04. The fourth-order valence-electron chi connectivity index (χ4n) is 2.76. The summed E-state index contributed by atoms with van der Waals surface area (Å²) in [5, 5.41) is 13.7. The molecule has 2 aromatic carbocycles. The number of nitrogens with one attached hydrogen (secondary N) is 1. The minimum atomic E-state index is -0.520. The molecule has 24 heavy (non-hydrogen) atoms. The van der Waals surface area contributed by atoms with Gasteiger partial charge in [-0.25, -0.2) is 0 Å². The molecule has 128 valence electrons. The molecule has 0 spiro atoms. The van der Waals surface area contributed by atoms with E-state index in [4.69, 9.17) is 9.47 Å². The lowest BCUT2D eigenvalue weighted by Crippen LogP contribution is -2.24. The summed E-state index contributed by atoms with van der Waals surface area (Å²) in [6, 6.07) is 14.1. The summed E-state index contributed by atoms with van der Waals surface area (Å²) in [6.45, 7) is 6.01. The average molecular weight is 327 g/mol. The molecule has 0 bridgehead atoms. The third-order valence-electron chi connectivity index (χ3n) is 4.35. The maximum Gasteiger partial charge on any atom is 0.161 e. The summed E-state index contributed by atoms with van der Waals surface area (Å²) in [5.41, 5.74) is 3.24. The third kappa shape index (κ3) is 4.08.